The maximum absolute atomic E-state index is 13.7. The van der Waals surface area contributed by atoms with Crippen LogP contribution in [0.4, 0.5) is 0 Å². The largest absolute Gasteiger partial charge is 0.497 e. The number of fused-ring (bicyclic) bond motifs is 2. The number of carbonyl (C=O) groups is 1. The highest BCUT2D eigenvalue weighted by Gasteiger charge is 2.34. The van der Waals surface area contributed by atoms with Gasteiger partial charge in [-0.3, -0.25) is 9.78 Å². The number of nitrogens with zero attached hydrogens (tertiary/aromatic N) is 5. The molecule has 3 atom stereocenters. The van der Waals surface area contributed by atoms with Crippen molar-refractivity contribution in [2.45, 2.75) is 51.5 Å². The van der Waals surface area contributed by atoms with Crippen molar-refractivity contribution in [2.24, 2.45) is 11.8 Å². The Bertz CT molecular complexity index is 1640. The molecule has 0 amide bonds. The number of benzene rings is 1. The molecule has 3 aromatic heterocycles. The molecule has 2 fully saturated rings. The molecule has 0 spiro atoms. The van der Waals surface area contributed by atoms with Crippen LogP contribution in [0.1, 0.15) is 59.3 Å². The second kappa shape index (κ2) is 12.3. The minimum absolute atomic E-state index is 0.211. The van der Waals surface area contributed by atoms with Gasteiger partial charge >= 0.3 is 0 Å². The standard InChI is InChI=1S/C34H39N5O3S/c1-22-37-31-8-5-28(41-2)15-33(31)39(22)18-27(40)13-25-9-11-38(17-23-10-12-42-20-23)19-29(25)30-6-4-26(16-35-30)24-3-7-32-34(14-24)43-21-36-32/h4-6,8,14-16,21,23,25,29H,3,7,9-13,17-20H2,1-2H3/t23?,25?,29-/m1/s1. The van der Waals surface area contributed by atoms with Gasteiger partial charge in [-0.15, -0.1) is 11.3 Å². The van der Waals surface area contributed by atoms with Crippen LogP contribution in [-0.4, -0.2) is 70.2 Å². The van der Waals surface area contributed by atoms with Crippen LogP contribution in [0.15, 0.2) is 42.0 Å². The average Bonchev–Trinajstić information content (AvgIpc) is 3.78. The van der Waals surface area contributed by atoms with Crippen LogP contribution >= 0.6 is 11.3 Å². The van der Waals surface area contributed by atoms with Gasteiger partial charge in [0.2, 0.25) is 0 Å². The molecule has 2 saturated heterocycles. The lowest BCUT2D eigenvalue weighted by molar-refractivity contribution is -0.121. The highest BCUT2D eigenvalue weighted by Crippen LogP contribution is 2.37. The van der Waals surface area contributed by atoms with Crippen LogP contribution in [0.5, 0.6) is 5.75 Å². The topological polar surface area (TPSA) is 82.4 Å². The summed E-state index contributed by atoms with van der Waals surface area (Å²) in [5.41, 5.74) is 8.58. The van der Waals surface area contributed by atoms with Gasteiger partial charge in [0.25, 0.3) is 0 Å². The molecule has 0 N–H and O–H groups in total. The number of hydrogen-bond donors (Lipinski definition) is 0. The number of aryl methyl sites for hydroxylation is 2. The van der Waals surface area contributed by atoms with Crippen LogP contribution in [0.2, 0.25) is 0 Å². The Hall–Kier alpha value is -3.40. The Morgan fingerprint density at radius 3 is 2.91 bits per heavy atom. The number of imidazole rings is 1. The van der Waals surface area contributed by atoms with Crippen LogP contribution in [0.25, 0.3) is 22.7 Å². The number of likely N-dealkylation sites (tertiary alicyclic amines) is 1. The van der Waals surface area contributed by atoms with Crippen molar-refractivity contribution >= 4 is 39.8 Å². The molecule has 1 aromatic carbocycles. The maximum Gasteiger partial charge on any atom is 0.152 e. The SMILES string of the molecule is COc1ccc2nc(C)n(CC(=O)CC3CCN(CC4CCOC4)C[C@H]3c3ccc(C4=Cc5scnc5CC4)cn3)c2c1. The number of allylic oxidation sites excluding steroid dienone is 1. The van der Waals surface area contributed by atoms with Gasteiger partial charge in [0, 0.05) is 50.0 Å². The van der Waals surface area contributed by atoms with E-state index < -0.39 is 0 Å². The van der Waals surface area contributed by atoms with E-state index in [2.05, 4.69) is 33.1 Å². The number of rotatable bonds is 9. The van der Waals surface area contributed by atoms with E-state index in [-0.39, 0.29) is 17.6 Å². The fourth-order valence-electron chi connectivity index (χ4n) is 7.10. The number of piperidine rings is 1. The summed E-state index contributed by atoms with van der Waals surface area (Å²) in [4.78, 5) is 31.7. The van der Waals surface area contributed by atoms with Crippen LogP contribution in [0, 0.1) is 18.8 Å². The van der Waals surface area contributed by atoms with E-state index in [0.29, 0.717) is 18.9 Å². The predicted molar refractivity (Wildman–Crippen MR) is 169 cm³/mol. The number of thiazole rings is 1. The second-order valence-corrected chi connectivity index (χ2v) is 13.2. The molecule has 5 heterocycles. The molecule has 2 aliphatic heterocycles. The first-order valence-corrected chi connectivity index (χ1v) is 16.3. The third-order valence-corrected chi connectivity index (χ3v) is 10.3. The van der Waals surface area contributed by atoms with E-state index in [1.54, 1.807) is 18.4 Å². The first-order valence-electron chi connectivity index (χ1n) is 15.5. The molecular formula is C34H39N5O3S. The molecule has 2 unspecified atom stereocenters. The first kappa shape index (κ1) is 28.4. The van der Waals surface area contributed by atoms with Crippen molar-refractivity contribution in [3.63, 3.8) is 0 Å². The fourth-order valence-corrected chi connectivity index (χ4v) is 7.89. The fraction of sp³-hybridized carbons (Fsp3) is 0.471. The van der Waals surface area contributed by atoms with Crippen molar-refractivity contribution in [2.75, 3.05) is 40.0 Å². The van der Waals surface area contributed by atoms with E-state index in [1.807, 2.05) is 41.4 Å². The normalized spacial score (nSPS) is 22.5. The summed E-state index contributed by atoms with van der Waals surface area (Å²) in [6.07, 6.45) is 8.96. The monoisotopic (exact) mass is 597 g/mol. The lowest BCUT2D eigenvalue weighted by Crippen LogP contribution is -2.42. The molecular weight excluding hydrogens is 558 g/mol. The maximum atomic E-state index is 13.7. The third kappa shape index (κ3) is 6.03. The average molecular weight is 598 g/mol. The summed E-state index contributed by atoms with van der Waals surface area (Å²) in [7, 11) is 1.66. The summed E-state index contributed by atoms with van der Waals surface area (Å²) in [6.45, 7) is 7.01. The van der Waals surface area contributed by atoms with Crippen LogP contribution < -0.4 is 4.74 Å². The minimum Gasteiger partial charge on any atom is -0.497 e. The van der Waals surface area contributed by atoms with Crippen molar-refractivity contribution in [1.82, 2.24) is 24.4 Å². The molecule has 8 nitrogen and oxygen atoms in total. The molecule has 1 aliphatic carbocycles. The van der Waals surface area contributed by atoms with Crippen LogP contribution in [0.3, 0.4) is 0 Å². The summed E-state index contributed by atoms with van der Waals surface area (Å²) >= 11 is 1.71. The van der Waals surface area contributed by atoms with Gasteiger partial charge in [0.15, 0.2) is 5.78 Å². The number of hydrogen-bond acceptors (Lipinski definition) is 8. The molecule has 3 aliphatic rings. The van der Waals surface area contributed by atoms with Gasteiger partial charge in [0.1, 0.15) is 11.6 Å². The van der Waals surface area contributed by atoms with E-state index in [0.717, 1.165) is 86.8 Å². The quantitative estimate of drug-likeness (QED) is 0.241. The zero-order chi connectivity index (χ0) is 29.3. The van der Waals surface area contributed by atoms with Crippen molar-refractivity contribution in [3.8, 4) is 5.75 Å². The Kier molecular flexibility index (Phi) is 8.12. The predicted octanol–water partition coefficient (Wildman–Crippen LogP) is 5.79. The van der Waals surface area contributed by atoms with Crippen molar-refractivity contribution < 1.29 is 14.3 Å². The lowest BCUT2D eigenvalue weighted by atomic mass is 9.79. The molecule has 0 saturated carbocycles. The van der Waals surface area contributed by atoms with Gasteiger partial charge in [-0.1, -0.05) is 6.07 Å². The molecule has 0 radical (unpaired) electrons. The van der Waals surface area contributed by atoms with E-state index >= 15 is 0 Å². The molecule has 224 valence electrons. The molecule has 7 rings (SSSR count). The zero-order valence-electron chi connectivity index (χ0n) is 25.0. The van der Waals surface area contributed by atoms with Gasteiger partial charge in [-0.2, -0.15) is 0 Å². The van der Waals surface area contributed by atoms with E-state index in [1.165, 1.54) is 21.7 Å². The minimum atomic E-state index is 0.211. The molecule has 4 aromatic rings. The Balaban J connectivity index is 1.10. The number of ketones is 1. The molecule has 9 heteroatoms. The highest BCUT2D eigenvalue weighted by molar-refractivity contribution is 7.10. The van der Waals surface area contributed by atoms with Crippen molar-refractivity contribution in [3.05, 3.63) is 69.7 Å². The van der Waals surface area contributed by atoms with Crippen molar-refractivity contribution in [1.29, 1.82) is 0 Å². The molecule has 43 heavy (non-hydrogen) atoms. The number of ether oxygens (including phenoxy) is 2. The van der Waals surface area contributed by atoms with Gasteiger partial charge in [-0.25, -0.2) is 9.97 Å². The van der Waals surface area contributed by atoms with E-state index in [9.17, 15) is 4.79 Å². The lowest BCUT2D eigenvalue weighted by Gasteiger charge is -2.39. The Labute approximate surface area is 256 Å². The number of Topliss-reactive ketones (excluding diaryl/α,β-unsaturated/α-hetero) is 1. The number of aromatic nitrogens is 4. The van der Waals surface area contributed by atoms with Crippen LogP contribution in [-0.2, 0) is 22.5 Å². The van der Waals surface area contributed by atoms with Gasteiger partial charge in [-0.05, 0) is 86.4 Å². The Morgan fingerprint density at radius 1 is 1.16 bits per heavy atom. The zero-order valence-corrected chi connectivity index (χ0v) is 25.8. The Morgan fingerprint density at radius 2 is 2.09 bits per heavy atom. The number of pyridine rings is 1. The smallest absolute Gasteiger partial charge is 0.152 e. The number of methoxy groups -OCH3 is 1. The summed E-state index contributed by atoms with van der Waals surface area (Å²) in [5, 5.41) is 0. The third-order valence-electron chi connectivity index (χ3n) is 9.50. The van der Waals surface area contributed by atoms with Gasteiger partial charge in [0.05, 0.1) is 47.4 Å². The second-order valence-electron chi connectivity index (χ2n) is 12.3. The summed E-state index contributed by atoms with van der Waals surface area (Å²) in [5.74, 6) is 2.91. The van der Waals surface area contributed by atoms with Gasteiger partial charge < -0.3 is 18.9 Å². The molecule has 0 bridgehead atoms. The summed E-state index contributed by atoms with van der Waals surface area (Å²) in [6, 6.07) is 10.3. The summed E-state index contributed by atoms with van der Waals surface area (Å²) < 4.78 is 13.1. The first-order chi connectivity index (χ1) is 21.0. The van der Waals surface area contributed by atoms with E-state index in [4.69, 9.17) is 14.5 Å². The number of carbonyl (C=O) groups excluding carboxylic acids is 1. The highest BCUT2D eigenvalue weighted by atomic mass is 32.1.